The van der Waals surface area contributed by atoms with E-state index in [1.54, 1.807) is 12.4 Å². The van der Waals surface area contributed by atoms with Crippen LogP contribution >= 0.6 is 0 Å². The van der Waals surface area contributed by atoms with Crippen molar-refractivity contribution in [3.05, 3.63) is 59.9 Å². The summed E-state index contributed by atoms with van der Waals surface area (Å²) in [4.78, 5) is 4.04. The molecular formula is C12H13N3. The highest BCUT2D eigenvalue weighted by Crippen LogP contribution is 2.19. The average Bonchev–Trinajstić information content (AvgIpc) is 2.29. The molecule has 15 heavy (non-hydrogen) atoms. The number of nitrogens with zero attached hydrogens (tertiary/aromatic N) is 1. The SMILES string of the molecule is Nc1cccc(C(N)c2cccnc2)c1. The van der Waals surface area contributed by atoms with E-state index in [-0.39, 0.29) is 6.04 Å². The third-order valence-corrected chi connectivity index (χ3v) is 2.31. The molecule has 76 valence electrons. The van der Waals surface area contributed by atoms with E-state index >= 15 is 0 Å². The highest BCUT2D eigenvalue weighted by molar-refractivity contribution is 5.43. The minimum absolute atomic E-state index is 0.165. The summed E-state index contributed by atoms with van der Waals surface area (Å²) in [5, 5.41) is 0. The largest absolute Gasteiger partial charge is 0.399 e. The lowest BCUT2D eigenvalue weighted by Gasteiger charge is -2.12. The van der Waals surface area contributed by atoms with Gasteiger partial charge in [0.25, 0.3) is 0 Å². The van der Waals surface area contributed by atoms with Crippen molar-refractivity contribution in [1.82, 2.24) is 4.98 Å². The van der Waals surface area contributed by atoms with E-state index in [9.17, 15) is 0 Å². The Hall–Kier alpha value is -1.87. The molecule has 0 aliphatic rings. The summed E-state index contributed by atoms with van der Waals surface area (Å²) in [5.74, 6) is 0. The molecule has 1 atom stereocenters. The van der Waals surface area contributed by atoms with Crippen molar-refractivity contribution in [3.63, 3.8) is 0 Å². The van der Waals surface area contributed by atoms with Crippen LogP contribution in [-0.2, 0) is 0 Å². The monoisotopic (exact) mass is 199 g/mol. The molecule has 0 radical (unpaired) electrons. The summed E-state index contributed by atoms with van der Waals surface area (Å²) in [6, 6.07) is 11.3. The highest BCUT2D eigenvalue weighted by Gasteiger charge is 2.08. The van der Waals surface area contributed by atoms with Gasteiger partial charge in [-0.05, 0) is 29.3 Å². The number of rotatable bonds is 2. The fourth-order valence-corrected chi connectivity index (χ4v) is 1.50. The van der Waals surface area contributed by atoms with Gasteiger partial charge in [0.15, 0.2) is 0 Å². The molecule has 1 unspecified atom stereocenters. The Kier molecular flexibility index (Phi) is 2.65. The second-order valence-electron chi connectivity index (χ2n) is 3.43. The van der Waals surface area contributed by atoms with Crippen LogP contribution in [0.25, 0.3) is 0 Å². The predicted octanol–water partition coefficient (Wildman–Crippen LogP) is 1.71. The molecule has 0 spiro atoms. The number of hydrogen-bond donors (Lipinski definition) is 2. The van der Waals surface area contributed by atoms with Gasteiger partial charge in [-0.2, -0.15) is 0 Å². The molecule has 0 fully saturated rings. The first-order valence-corrected chi connectivity index (χ1v) is 4.78. The fraction of sp³-hybridized carbons (Fsp3) is 0.0833. The molecule has 4 N–H and O–H groups in total. The van der Waals surface area contributed by atoms with E-state index in [0.717, 1.165) is 16.8 Å². The Balaban J connectivity index is 2.32. The van der Waals surface area contributed by atoms with Crippen molar-refractivity contribution in [1.29, 1.82) is 0 Å². The first-order chi connectivity index (χ1) is 7.27. The van der Waals surface area contributed by atoms with Crippen LogP contribution in [0, 0.1) is 0 Å². The maximum Gasteiger partial charge on any atom is 0.0567 e. The highest BCUT2D eigenvalue weighted by atomic mass is 14.7. The molecule has 1 heterocycles. The summed E-state index contributed by atoms with van der Waals surface area (Å²) in [7, 11) is 0. The third-order valence-electron chi connectivity index (χ3n) is 2.31. The van der Waals surface area contributed by atoms with Crippen LogP contribution < -0.4 is 11.5 Å². The van der Waals surface area contributed by atoms with Gasteiger partial charge in [-0.1, -0.05) is 18.2 Å². The molecule has 2 rings (SSSR count). The summed E-state index contributed by atoms with van der Waals surface area (Å²) in [6.07, 6.45) is 3.50. The molecule has 0 aliphatic carbocycles. The standard InChI is InChI=1S/C12H13N3/c13-11-5-1-3-9(7-11)12(14)10-4-2-6-15-8-10/h1-8,12H,13-14H2. The van der Waals surface area contributed by atoms with E-state index in [4.69, 9.17) is 11.5 Å². The molecule has 0 bridgehead atoms. The van der Waals surface area contributed by atoms with Gasteiger partial charge in [0.05, 0.1) is 6.04 Å². The quantitative estimate of drug-likeness (QED) is 0.724. The Morgan fingerprint density at radius 1 is 1.07 bits per heavy atom. The molecule has 0 saturated carbocycles. The van der Waals surface area contributed by atoms with E-state index in [0.29, 0.717) is 0 Å². The summed E-state index contributed by atoms with van der Waals surface area (Å²) in [6.45, 7) is 0. The number of nitrogen functional groups attached to an aromatic ring is 1. The number of benzene rings is 1. The minimum Gasteiger partial charge on any atom is -0.399 e. The van der Waals surface area contributed by atoms with Crippen LogP contribution in [-0.4, -0.2) is 4.98 Å². The van der Waals surface area contributed by atoms with Crippen molar-refractivity contribution in [2.45, 2.75) is 6.04 Å². The van der Waals surface area contributed by atoms with Crippen LogP contribution in [0.5, 0.6) is 0 Å². The van der Waals surface area contributed by atoms with Gasteiger partial charge in [0.2, 0.25) is 0 Å². The van der Waals surface area contributed by atoms with E-state index in [2.05, 4.69) is 4.98 Å². The zero-order valence-electron chi connectivity index (χ0n) is 8.30. The Bertz CT molecular complexity index is 440. The van der Waals surface area contributed by atoms with E-state index < -0.39 is 0 Å². The number of nitrogens with two attached hydrogens (primary N) is 2. The third kappa shape index (κ3) is 2.14. The van der Waals surface area contributed by atoms with E-state index in [1.165, 1.54) is 0 Å². The number of pyridine rings is 1. The van der Waals surface area contributed by atoms with Gasteiger partial charge < -0.3 is 11.5 Å². The average molecular weight is 199 g/mol. The van der Waals surface area contributed by atoms with Gasteiger partial charge in [-0.3, -0.25) is 4.98 Å². The first-order valence-electron chi connectivity index (χ1n) is 4.78. The van der Waals surface area contributed by atoms with Crippen molar-refractivity contribution in [2.75, 3.05) is 5.73 Å². The van der Waals surface area contributed by atoms with E-state index in [1.807, 2.05) is 36.4 Å². The van der Waals surface area contributed by atoms with Gasteiger partial charge in [-0.25, -0.2) is 0 Å². The van der Waals surface area contributed by atoms with Gasteiger partial charge in [0, 0.05) is 18.1 Å². The zero-order valence-corrected chi connectivity index (χ0v) is 8.30. The second kappa shape index (κ2) is 4.11. The maximum atomic E-state index is 6.09. The maximum absolute atomic E-state index is 6.09. The number of hydrogen-bond acceptors (Lipinski definition) is 3. The molecule has 1 aromatic heterocycles. The van der Waals surface area contributed by atoms with Gasteiger partial charge in [0.1, 0.15) is 0 Å². The first kappa shape index (κ1) is 9.68. The fourth-order valence-electron chi connectivity index (χ4n) is 1.50. The van der Waals surface area contributed by atoms with Crippen LogP contribution in [0.1, 0.15) is 17.2 Å². The number of anilines is 1. The lowest BCUT2D eigenvalue weighted by Crippen LogP contribution is -2.12. The summed E-state index contributed by atoms with van der Waals surface area (Å²) >= 11 is 0. The van der Waals surface area contributed by atoms with Crippen LogP contribution in [0.3, 0.4) is 0 Å². The minimum atomic E-state index is -0.165. The Morgan fingerprint density at radius 2 is 1.87 bits per heavy atom. The lowest BCUT2D eigenvalue weighted by atomic mass is 10.0. The summed E-state index contributed by atoms with van der Waals surface area (Å²) in [5.41, 5.74) is 14.5. The molecule has 0 saturated heterocycles. The molecule has 3 nitrogen and oxygen atoms in total. The zero-order chi connectivity index (χ0) is 10.7. The van der Waals surface area contributed by atoms with Crippen molar-refractivity contribution >= 4 is 5.69 Å². The van der Waals surface area contributed by atoms with Gasteiger partial charge in [-0.15, -0.1) is 0 Å². The lowest BCUT2D eigenvalue weighted by molar-refractivity contribution is 0.864. The predicted molar refractivity (Wildman–Crippen MR) is 61.1 cm³/mol. The molecule has 0 aliphatic heterocycles. The molecule has 2 aromatic rings. The second-order valence-corrected chi connectivity index (χ2v) is 3.43. The van der Waals surface area contributed by atoms with Crippen molar-refractivity contribution < 1.29 is 0 Å². The Labute approximate surface area is 88.8 Å². The van der Waals surface area contributed by atoms with Crippen LogP contribution in [0.15, 0.2) is 48.8 Å². The number of aromatic nitrogens is 1. The van der Waals surface area contributed by atoms with Crippen molar-refractivity contribution in [2.24, 2.45) is 5.73 Å². The normalized spacial score (nSPS) is 12.3. The summed E-state index contributed by atoms with van der Waals surface area (Å²) < 4.78 is 0. The molecule has 0 amide bonds. The van der Waals surface area contributed by atoms with Crippen LogP contribution in [0.4, 0.5) is 5.69 Å². The van der Waals surface area contributed by atoms with Crippen LogP contribution in [0.2, 0.25) is 0 Å². The molecule has 3 heteroatoms. The van der Waals surface area contributed by atoms with Gasteiger partial charge >= 0.3 is 0 Å². The van der Waals surface area contributed by atoms with Crippen molar-refractivity contribution in [3.8, 4) is 0 Å². The smallest absolute Gasteiger partial charge is 0.0567 e. The Morgan fingerprint density at radius 3 is 2.53 bits per heavy atom. The molecular weight excluding hydrogens is 186 g/mol. The topological polar surface area (TPSA) is 64.9 Å². The molecule has 1 aromatic carbocycles.